The average Bonchev–Trinajstić information content (AvgIpc) is 2.79. The van der Waals surface area contributed by atoms with Crippen LogP contribution in [0.3, 0.4) is 0 Å². The number of nitrogens with one attached hydrogen (secondary N) is 1. The number of hydrogen-bond acceptors (Lipinski definition) is 3. The summed E-state index contributed by atoms with van der Waals surface area (Å²) in [5, 5.41) is 5.68. The molecular formula is C12H20N2S. The molecule has 1 aromatic heterocycles. The van der Waals surface area contributed by atoms with E-state index in [1.807, 2.05) is 11.3 Å². The van der Waals surface area contributed by atoms with Crippen molar-refractivity contribution in [3.8, 4) is 0 Å². The standard InChI is InChI=1S/C12H20N2S/c1-9-5-7-15-12(9)11(14(2)3)10-4-6-13-8-10/h5,7,10-11,13H,4,6,8H2,1-3H3. The summed E-state index contributed by atoms with van der Waals surface area (Å²) in [5.74, 6) is 0.775. The highest BCUT2D eigenvalue weighted by molar-refractivity contribution is 7.10. The van der Waals surface area contributed by atoms with E-state index in [0.29, 0.717) is 6.04 Å². The highest BCUT2D eigenvalue weighted by atomic mass is 32.1. The molecule has 1 aliphatic rings. The smallest absolute Gasteiger partial charge is 0.0478 e. The molecule has 84 valence electrons. The van der Waals surface area contributed by atoms with Crippen LogP contribution in [0.2, 0.25) is 0 Å². The molecule has 1 aromatic rings. The van der Waals surface area contributed by atoms with Gasteiger partial charge >= 0.3 is 0 Å². The fourth-order valence-corrected chi connectivity index (χ4v) is 3.72. The number of rotatable bonds is 3. The Morgan fingerprint density at radius 3 is 2.80 bits per heavy atom. The van der Waals surface area contributed by atoms with Crippen LogP contribution in [0.1, 0.15) is 22.9 Å². The molecule has 0 amide bonds. The van der Waals surface area contributed by atoms with Crippen molar-refractivity contribution in [2.24, 2.45) is 5.92 Å². The Bertz CT molecular complexity index is 313. The lowest BCUT2D eigenvalue weighted by Gasteiger charge is -2.29. The van der Waals surface area contributed by atoms with Gasteiger partial charge in [-0.15, -0.1) is 11.3 Å². The first-order chi connectivity index (χ1) is 7.20. The maximum atomic E-state index is 3.47. The van der Waals surface area contributed by atoms with E-state index in [1.165, 1.54) is 25.1 Å². The molecule has 15 heavy (non-hydrogen) atoms. The summed E-state index contributed by atoms with van der Waals surface area (Å²) < 4.78 is 0. The van der Waals surface area contributed by atoms with E-state index >= 15 is 0 Å². The first-order valence-corrected chi connectivity index (χ1v) is 6.49. The summed E-state index contributed by atoms with van der Waals surface area (Å²) in [4.78, 5) is 3.92. The highest BCUT2D eigenvalue weighted by Gasteiger charge is 2.29. The second-order valence-electron chi connectivity index (χ2n) is 4.63. The van der Waals surface area contributed by atoms with Crippen molar-refractivity contribution in [1.29, 1.82) is 0 Å². The fourth-order valence-electron chi connectivity index (χ4n) is 2.50. The van der Waals surface area contributed by atoms with E-state index in [2.05, 4.69) is 42.7 Å². The van der Waals surface area contributed by atoms with Gasteiger partial charge in [0.2, 0.25) is 0 Å². The van der Waals surface area contributed by atoms with Gasteiger partial charge < -0.3 is 10.2 Å². The van der Waals surface area contributed by atoms with E-state index in [1.54, 1.807) is 4.88 Å². The largest absolute Gasteiger partial charge is 0.316 e. The predicted molar refractivity (Wildman–Crippen MR) is 66.5 cm³/mol. The Morgan fingerprint density at radius 2 is 2.33 bits per heavy atom. The van der Waals surface area contributed by atoms with Crippen LogP contribution >= 0.6 is 11.3 Å². The molecule has 2 heterocycles. The molecule has 2 atom stereocenters. The molecule has 0 aromatic carbocycles. The summed E-state index contributed by atoms with van der Waals surface area (Å²) in [6.07, 6.45) is 1.31. The van der Waals surface area contributed by atoms with Gasteiger partial charge in [0.1, 0.15) is 0 Å². The second-order valence-corrected chi connectivity index (χ2v) is 5.58. The van der Waals surface area contributed by atoms with Gasteiger partial charge in [0.15, 0.2) is 0 Å². The minimum atomic E-state index is 0.597. The van der Waals surface area contributed by atoms with E-state index in [-0.39, 0.29) is 0 Å². The number of hydrogen-bond donors (Lipinski definition) is 1. The van der Waals surface area contributed by atoms with Gasteiger partial charge in [0.05, 0.1) is 0 Å². The van der Waals surface area contributed by atoms with Gasteiger partial charge in [-0.25, -0.2) is 0 Å². The van der Waals surface area contributed by atoms with Gasteiger partial charge in [-0.2, -0.15) is 0 Å². The zero-order valence-corrected chi connectivity index (χ0v) is 10.6. The molecule has 0 radical (unpaired) electrons. The third-order valence-corrected chi connectivity index (χ3v) is 4.36. The number of thiophene rings is 1. The van der Waals surface area contributed by atoms with Crippen LogP contribution in [0.5, 0.6) is 0 Å². The molecule has 1 N–H and O–H groups in total. The predicted octanol–water partition coefficient (Wildman–Crippen LogP) is 2.27. The Morgan fingerprint density at radius 1 is 1.53 bits per heavy atom. The van der Waals surface area contributed by atoms with Crippen LogP contribution in [-0.2, 0) is 0 Å². The molecule has 0 saturated carbocycles. The third-order valence-electron chi connectivity index (χ3n) is 3.27. The van der Waals surface area contributed by atoms with Crippen molar-refractivity contribution < 1.29 is 0 Å². The van der Waals surface area contributed by atoms with Crippen molar-refractivity contribution >= 4 is 11.3 Å². The van der Waals surface area contributed by atoms with E-state index < -0.39 is 0 Å². The maximum Gasteiger partial charge on any atom is 0.0478 e. The molecule has 1 saturated heterocycles. The minimum absolute atomic E-state index is 0.597. The van der Waals surface area contributed by atoms with Crippen molar-refractivity contribution in [1.82, 2.24) is 10.2 Å². The Balaban J connectivity index is 2.23. The van der Waals surface area contributed by atoms with Crippen LogP contribution in [0.15, 0.2) is 11.4 Å². The number of nitrogens with zero attached hydrogens (tertiary/aromatic N) is 1. The third kappa shape index (κ3) is 2.25. The molecule has 1 fully saturated rings. The molecule has 2 unspecified atom stereocenters. The average molecular weight is 224 g/mol. The molecule has 0 spiro atoms. The Kier molecular flexibility index (Phi) is 3.44. The molecule has 3 heteroatoms. The quantitative estimate of drug-likeness (QED) is 0.847. The topological polar surface area (TPSA) is 15.3 Å². The van der Waals surface area contributed by atoms with Crippen molar-refractivity contribution in [3.05, 3.63) is 21.9 Å². The lowest BCUT2D eigenvalue weighted by molar-refractivity contribution is 0.226. The van der Waals surface area contributed by atoms with E-state index in [4.69, 9.17) is 0 Å². The molecule has 1 aliphatic heterocycles. The zero-order valence-electron chi connectivity index (χ0n) is 9.79. The summed E-state index contributed by atoms with van der Waals surface area (Å²) in [5.41, 5.74) is 1.45. The number of aryl methyl sites for hydroxylation is 1. The van der Waals surface area contributed by atoms with Crippen LogP contribution in [-0.4, -0.2) is 32.1 Å². The second kappa shape index (κ2) is 4.64. The summed E-state index contributed by atoms with van der Waals surface area (Å²) in [7, 11) is 4.39. The van der Waals surface area contributed by atoms with Gasteiger partial charge in [-0.05, 0) is 63.5 Å². The molecule has 2 rings (SSSR count). The van der Waals surface area contributed by atoms with Gasteiger partial charge in [-0.3, -0.25) is 0 Å². The van der Waals surface area contributed by atoms with Crippen LogP contribution in [0, 0.1) is 12.8 Å². The first kappa shape index (κ1) is 11.1. The minimum Gasteiger partial charge on any atom is -0.316 e. The monoisotopic (exact) mass is 224 g/mol. The molecule has 2 nitrogen and oxygen atoms in total. The first-order valence-electron chi connectivity index (χ1n) is 5.61. The van der Waals surface area contributed by atoms with Crippen molar-refractivity contribution in [2.45, 2.75) is 19.4 Å². The molecule has 0 aliphatic carbocycles. The molecule has 0 bridgehead atoms. The van der Waals surface area contributed by atoms with E-state index in [9.17, 15) is 0 Å². The van der Waals surface area contributed by atoms with E-state index in [0.717, 1.165) is 5.92 Å². The summed E-state index contributed by atoms with van der Waals surface area (Å²) >= 11 is 1.90. The van der Waals surface area contributed by atoms with Crippen LogP contribution < -0.4 is 5.32 Å². The zero-order chi connectivity index (χ0) is 10.8. The normalized spacial score (nSPS) is 23.6. The lowest BCUT2D eigenvalue weighted by atomic mass is 9.95. The van der Waals surface area contributed by atoms with Crippen molar-refractivity contribution in [2.75, 3.05) is 27.2 Å². The van der Waals surface area contributed by atoms with Gasteiger partial charge in [0.25, 0.3) is 0 Å². The Hall–Kier alpha value is -0.380. The highest BCUT2D eigenvalue weighted by Crippen LogP contribution is 2.35. The Labute approximate surface area is 96.3 Å². The van der Waals surface area contributed by atoms with Crippen molar-refractivity contribution in [3.63, 3.8) is 0 Å². The fraction of sp³-hybridized carbons (Fsp3) is 0.667. The molecular weight excluding hydrogens is 204 g/mol. The lowest BCUT2D eigenvalue weighted by Crippen LogP contribution is -2.28. The maximum absolute atomic E-state index is 3.47. The summed E-state index contributed by atoms with van der Waals surface area (Å²) in [6.45, 7) is 4.57. The van der Waals surface area contributed by atoms with Crippen LogP contribution in [0.25, 0.3) is 0 Å². The van der Waals surface area contributed by atoms with Gasteiger partial charge in [0, 0.05) is 10.9 Å². The SMILES string of the molecule is Cc1ccsc1C(C1CCNC1)N(C)C. The summed E-state index contributed by atoms with van der Waals surface area (Å²) in [6, 6.07) is 2.83. The van der Waals surface area contributed by atoms with Crippen LogP contribution in [0.4, 0.5) is 0 Å². The van der Waals surface area contributed by atoms with Gasteiger partial charge in [-0.1, -0.05) is 0 Å².